The first-order valence-corrected chi connectivity index (χ1v) is 6.28. The summed E-state index contributed by atoms with van der Waals surface area (Å²) in [6.45, 7) is 1.75. The molecule has 4 heteroatoms. The van der Waals surface area contributed by atoms with Crippen molar-refractivity contribution in [2.75, 3.05) is 0 Å². The van der Waals surface area contributed by atoms with Gasteiger partial charge < -0.3 is 14.9 Å². The van der Waals surface area contributed by atoms with Crippen molar-refractivity contribution < 1.29 is 19.7 Å². The van der Waals surface area contributed by atoms with Crippen LogP contribution in [-0.4, -0.2) is 28.4 Å². The minimum absolute atomic E-state index is 0.0140. The maximum absolute atomic E-state index is 11.8. The largest absolute Gasteiger partial charge is 0.507 e. The van der Waals surface area contributed by atoms with E-state index in [0.29, 0.717) is 18.4 Å². The van der Waals surface area contributed by atoms with Crippen LogP contribution in [0, 0.1) is 0 Å². The quantitative estimate of drug-likeness (QED) is 0.802. The van der Waals surface area contributed by atoms with Crippen molar-refractivity contribution in [3.63, 3.8) is 0 Å². The molecule has 0 saturated heterocycles. The van der Waals surface area contributed by atoms with Crippen LogP contribution in [0.1, 0.15) is 42.1 Å². The summed E-state index contributed by atoms with van der Waals surface area (Å²) >= 11 is 0. The zero-order chi connectivity index (χ0) is 13.1. The molecule has 98 valence electrons. The van der Waals surface area contributed by atoms with E-state index in [4.69, 9.17) is 4.74 Å². The first-order valence-electron chi connectivity index (χ1n) is 6.28. The second kappa shape index (κ2) is 5.40. The number of ether oxygens (including phenoxy) is 1. The maximum Gasteiger partial charge on any atom is 0.342 e. The molecular formula is C14H18O4. The van der Waals surface area contributed by atoms with Gasteiger partial charge >= 0.3 is 5.97 Å². The topological polar surface area (TPSA) is 66.8 Å². The van der Waals surface area contributed by atoms with E-state index in [0.717, 1.165) is 18.4 Å². The van der Waals surface area contributed by atoms with Gasteiger partial charge in [-0.15, -0.1) is 0 Å². The van der Waals surface area contributed by atoms with E-state index in [-0.39, 0.29) is 18.0 Å². The first-order chi connectivity index (χ1) is 8.58. The number of aliphatic hydroxyl groups excluding tert-OH is 1. The van der Waals surface area contributed by atoms with Gasteiger partial charge in [0.15, 0.2) is 0 Å². The second-order valence-corrected chi connectivity index (χ2v) is 4.82. The smallest absolute Gasteiger partial charge is 0.342 e. The lowest BCUT2D eigenvalue weighted by atomic mass is 9.95. The predicted molar refractivity (Wildman–Crippen MR) is 66.5 cm³/mol. The minimum Gasteiger partial charge on any atom is -0.507 e. The molecule has 0 saturated carbocycles. The molecule has 0 aromatic heterocycles. The monoisotopic (exact) mass is 250 g/mol. The lowest BCUT2D eigenvalue weighted by Crippen LogP contribution is -2.27. The molecule has 1 heterocycles. The molecule has 0 bridgehead atoms. The van der Waals surface area contributed by atoms with E-state index in [2.05, 4.69) is 0 Å². The van der Waals surface area contributed by atoms with E-state index in [9.17, 15) is 15.0 Å². The van der Waals surface area contributed by atoms with E-state index >= 15 is 0 Å². The zero-order valence-electron chi connectivity index (χ0n) is 10.4. The number of carbonyl (C=O) groups excluding carboxylic acids is 1. The van der Waals surface area contributed by atoms with Gasteiger partial charge in [-0.2, -0.15) is 0 Å². The second-order valence-electron chi connectivity index (χ2n) is 4.82. The summed E-state index contributed by atoms with van der Waals surface area (Å²) in [5, 5.41) is 18.8. The molecule has 0 radical (unpaired) electrons. The van der Waals surface area contributed by atoms with Gasteiger partial charge in [-0.1, -0.05) is 12.1 Å². The van der Waals surface area contributed by atoms with Gasteiger partial charge in [-0.25, -0.2) is 4.79 Å². The highest BCUT2D eigenvalue weighted by molar-refractivity contribution is 5.95. The molecule has 1 aliphatic heterocycles. The average Bonchev–Trinajstić information content (AvgIpc) is 2.28. The SMILES string of the molecule is C[C@@H](O)CCC[C@@H]1Cc2cccc(O)c2C(=O)O1. The van der Waals surface area contributed by atoms with E-state index in [1.54, 1.807) is 13.0 Å². The summed E-state index contributed by atoms with van der Waals surface area (Å²) in [5.74, 6) is -0.462. The van der Waals surface area contributed by atoms with Crippen LogP contribution in [0.5, 0.6) is 5.75 Å². The number of esters is 1. The predicted octanol–water partition coefficient (Wildman–Crippen LogP) is 2.02. The summed E-state index contributed by atoms with van der Waals surface area (Å²) in [7, 11) is 0. The molecule has 0 fully saturated rings. The number of aliphatic hydroxyl groups is 1. The van der Waals surface area contributed by atoms with Crippen LogP contribution in [0.3, 0.4) is 0 Å². The molecule has 4 nitrogen and oxygen atoms in total. The Morgan fingerprint density at radius 1 is 1.50 bits per heavy atom. The van der Waals surface area contributed by atoms with Crippen LogP contribution in [0.25, 0.3) is 0 Å². The van der Waals surface area contributed by atoms with Crippen molar-refractivity contribution in [1.29, 1.82) is 0 Å². The summed E-state index contributed by atoms with van der Waals surface area (Å²) < 4.78 is 5.29. The van der Waals surface area contributed by atoms with Crippen LogP contribution in [0.4, 0.5) is 0 Å². The molecule has 0 amide bonds. The molecule has 1 aromatic carbocycles. The van der Waals surface area contributed by atoms with Crippen molar-refractivity contribution in [3.8, 4) is 5.75 Å². The lowest BCUT2D eigenvalue weighted by Gasteiger charge is -2.25. The highest BCUT2D eigenvalue weighted by atomic mass is 16.5. The molecule has 0 spiro atoms. The number of hydrogen-bond donors (Lipinski definition) is 2. The number of cyclic esters (lactones) is 1. The number of fused-ring (bicyclic) bond motifs is 1. The average molecular weight is 250 g/mol. The molecule has 0 unspecified atom stereocenters. The molecule has 2 N–H and O–H groups in total. The molecule has 1 aromatic rings. The summed E-state index contributed by atoms with van der Waals surface area (Å²) in [6, 6.07) is 5.07. The fourth-order valence-corrected chi connectivity index (χ4v) is 2.29. The maximum atomic E-state index is 11.8. The molecule has 2 atom stereocenters. The number of aromatic hydroxyl groups is 1. The van der Waals surface area contributed by atoms with E-state index in [1.807, 2.05) is 6.07 Å². The Bertz CT molecular complexity index is 439. The van der Waals surface area contributed by atoms with Gasteiger partial charge in [0.2, 0.25) is 0 Å². The molecule has 18 heavy (non-hydrogen) atoms. The third kappa shape index (κ3) is 2.82. The standard InChI is InChI=1S/C14H18O4/c1-9(15)4-2-6-11-8-10-5-3-7-12(16)13(10)14(17)18-11/h3,5,7,9,11,15-16H,2,4,6,8H2,1H3/t9-,11-/m1/s1. The zero-order valence-corrected chi connectivity index (χ0v) is 10.4. The van der Waals surface area contributed by atoms with Crippen LogP contribution in [0.2, 0.25) is 0 Å². The number of hydrogen-bond acceptors (Lipinski definition) is 4. The lowest BCUT2D eigenvalue weighted by molar-refractivity contribution is 0.0221. The normalized spacial score (nSPS) is 20.1. The van der Waals surface area contributed by atoms with Gasteiger partial charge in [0.1, 0.15) is 17.4 Å². The third-order valence-electron chi connectivity index (χ3n) is 3.20. The van der Waals surface area contributed by atoms with Gasteiger partial charge in [-0.05, 0) is 37.8 Å². The number of benzene rings is 1. The number of phenolic OH excluding ortho intramolecular Hbond substituents is 1. The van der Waals surface area contributed by atoms with Gasteiger partial charge in [0.05, 0.1) is 6.10 Å². The summed E-state index contributed by atoms with van der Waals surface area (Å²) in [5.41, 5.74) is 1.14. The van der Waals surface area contributed by atoms with E-state index in [1.165, 1.54) is 6.07 Å². The summed E-state index contributed by atoms with van der Waals surface area (Å²) in [4.78, 5) is 11.8. The Balaban J connectivity index is 2.02. The van der Waals surface area contributed by atoms with Crippen molar-refractivity contribution in [2.24, 2.45) is 0 Å². The van der Waals surface area contributed by atoms with Gasteiger partial charge in [0, 0.05) is 6.42 Å². The van der Waals surface area contributed by atoms with Gasteiger partial charge in [-0.3, -0.25) is 0 Å². The number of phenols is 1. The van der Waals surface area contributed by atoms with Crippen molar-refractivity contribution >= 4 is 5.97 Å². The number of carbonyl (C=O) groups is 1. The van der Waals surface area contributed by atoms with Gasteiger partial charge in [0.25, 0.3) is 0 Å². The Morgan fingerprint density at radius 3 is 3.00 bits per heavy atom. The first kappa shape index (κ1) is 12.9. The van der Waals surface area contributed by atoms with Crippen LogP contribution in [-0.2, 0) is 11.2 Å². The highest BCUT2D eigenvalue weighted by Crippen LogP contribution is 2.29. The fourth-order valence-electron chi connectivity index (χ4n) is 2.29. The Hall–Kier alpha value is -1.55. The molecular weight excluding hydrogens is 232 g/mol. The van der Waals surface area contributed by atoms with Crippen LogP contribution < -0.4 is 0 Å². The molecule has 2 rings (SSSR count). The molecule has 0 aliphatic carbocycles. The Morgan fingerprint density at radius 2 is 2.28 bits per heavy atom. The molecule has 1 aliphatic rings. The highest BCUT2D eigenvalue weighted by Gasteiger charge is 2.28. The van der Waals surface area contributed by atoms with Crippen LogP contribution in [0.15, 0.2) is 18.2 Å². The Kier molecular flexibility index (Phi) is 3.87. The number of rotatable bonds is 4. The van der Waals surface area contributed by atoms with Crippen LogP contribution >= 0.6 is 0 Å². The fraction of sp³-hybridized carbons (Fsp3) is 0.500. The van der Waals surface area contributed by atoms with Crippen molar-refractivity contribution in [3.05, 3.63) is 29.3 Å². The summed E-state index contributed by atoms with van der Waals surface area (Å²) in [6.07, 6.45) is 2.44. The minimum atomic E-state index is -0.448. The van der Waals surface area contributed by atoms with Crippen molar-refractivity contribution in [1.82, 2.24) is 0 Å². The van der Waals surface area contributed by atoms with E-state index < -0.39 is 5.97 Å². The van der Waals surface area contributed by atoms with Crippen molar-refractivity contribution in [2.45, 2.75) is 44.8 Å². The third-order valence-corrected chi connectivity index (χ3v) is 3.20. The Labute approximate surface area is 106 Å².